The highest BCUT2D eigenvalue weighted by Crippen LogP contribution is 2.13. The van der Waals surface area contributed by atoms with Crippen molar-refractivity contribution in [3.8, 4) is 0 Å². The first-order chi connectivity index (χ1) is 4.74. The molecule has 0 atom stereocenters. The van der Waals surface area contributed by atoms with E-state index in [4.69, 9.17) is 5.73 Å². The number of ether oxygens (including phenoxy) is 1. The van der Waals surface area contributed by atoms with Crippen LogP contribution in [0.4, 0.5) is 4.39 Å². The number of rotatable bonds is 1. The minimum Gasteiger partial charge on any atom is -0.493 e. The van der Waals surface area contributed by atoms with Gasteiger partial charge in [-0.05, 0) is 11.5 Å². The molecule has 0 aliphatic heterocycles. The Balaban J connectivity index is 3.09. The lowest BCUT2D eigenvalue weighted by Gasteiger charge is -2.01. The lowest BCUT2D eigenvalue weighted by atomic mass is 10.3. The summed E-state index contributed by atoms with van der Waals surface area (Å²) in [5, 5.41) is 0. The van der Waals surface area contributed by atoms with Crippen LogP contribution in [0.2, 0.25) is 0 Å². The molecular formula is C7H6FNO. The Morgan fingerprint density at radius 3 is 2.80 bits per heavy atom. The lowest BCUT2D eigenvalue weighted by molar-refractivity contribution is 0.283. The van der Waals surface area contributed by atoms with E-state index >= 15 is 0 Å². The second-order valence-corrected chi connectivity index (χ2v) is 1.73. The third-order valence-corrected chi connectivity index (χ3v) is 1.04. The van der Waals surface area contributed by atoms with E-state index in [1.807, 2.05) is 0 Å². The summed E-state index contributed by atoms with van der Waals surface area (Å²) in [5.74, 6) is -0.479. The summed E-state index contributed by atoms with van der Waals surface area (Å²) in [6, 6.07) is 0. The smallest absolute Gasteiger partial charge is 0.215 e. The van der Waals surface area contributed by atoms with Crippen molar-refractivity contribution >= 4 is 0 Å². The molecular weight excluding hydrogens is 133 g/mol. The Morgan fingerprint density at radius 2 is 2.30 bits per heavy atom. The van der Waals surface area contributed by atoms with Crippen molar-refractivity contribution in [3.05, 3.63) is 34.8 Å². The van der Waals surface area contributed by atoms with Gasteiger partial charge in [-0.3, -0.25) is 0 Å². The first-order valence-corrected chi connectivity index (χ1v) is 2.67. The fraction of sp³-hybridized carbons (Fsp3) is 0.143. The van der Waals surface area contributed by atoms with Crippen LogP contribution in [0.15, 0.2) is 34.8 Å². The van der Waals surface area contributed by atoms with E-state index in [9.17, 15) is 4.39 Å². The Hall–Kier alpha value is -1.43. The van der Waals surface area contributed by atoms with Gasteiger partial charge in [-0.15, -0.1) is 0 Å². The van der Waals surface area contributed by atoms with E-state index in [1.165, 1.54) is 13.2 Å². The number of hydrogen-bond donors (Lipinski definition) is 1. The van der Waals surface area contributed by atoms with Crippen molar-refractivity contribution in [1.29, 1.82) is 0 Å². The predicted octanol–water partition coefficient (Wildman–Crippen LogP) is 0.980. The number of allylic oxidation sites excluding steroid dienone is 2. The van der Waals surface area contributed by atoms with Gasteiger partial charge in [0.15, 0.2) is 5.76 Å². The summed E-state index contributed by atoms with van der Waals surface area (Å²) in [5.41, 5.74) is 10.1. The molecule has 3 heteroatoms. The van der Waals surface area contributed by atoms with Crippen LogP contribution in [0.3, 0.4) is 0 Å². The van der Waals surface area contributed by atoms with E-state index in [0.717, 1.165) is 0 Å². The SMILES string of the molecule is COC1=CC(N)=C=C=C1F. The van der Waals surface area contributed by atoms with Gasteiger partial charge >= 0.3 is 0 Å². The molecule has 10 heavy (non-hydrogen) atoms. The molecule has 1 aliphatic rings. The van der Waals surface area contributed by atoms with E-state index in [1.54, 1.807) is 0 Å². The Labute approximate surface area is 57.8 Å². The molecule has 1 rings (SSSR count). The maximum absolute atomic E-state index is 12.5. The van der Waals surface area contributed by atoms with E-state index < -0.39 is 5.83 Å². The topological polar surface area (TPSA) is 35.2 Å². The van der Waals surface area contributed by atoms with Crippen LogP contribution in [0.5, 0.6) is 0 Å². The van der Waals surface area contributed by atoms with Crippen molar-refractivity contribution in [2.45, 2.75) is 0 Å². The van der Waals surface area contributed by atoms with Crippen LogP contribution in [0.1, 0.15) is 0 Å². The van der Waals surface area contributed by atoms with Gasteiger partial charge in [0, 0.05) is 6.08 Å². The highest BCUT2D eigenvalue weighted by molar-refractivity contribution is 5.31. The quantitative estimate of drug-likeness (QED) is 0.549. The van der Waals surface area contributed by atoms with E-state index in [-0.39, 0.29) is 5.76 Å². The molecule has 0 fully saturated rings. The maximum Gasteiger partial charge on any atom is 0.215 e. The van der Waals surface area contributed by atoms with Crippen molar-refractivity contribution in [2.24, 2.45) is 5.73 Å². The second-order valence-electron chi connectivity index (χ2n) is 1.73. The molecule has 0 aromatic heterocycles. The van der Waals surface area contributed by atoms with Crippen molar-refractivity contribution in [1.82, 2.24) is 0 Å². The maximum atomic E-state index is 12.5. The molecule has 52 valence electrons. The molecule has 2 N–H and O–H groups in total. The molecule has 0 radical (unpaired) electrons. The van der Waals surface area contributed by atoms with E-state index in [2.05, 4.69) is 16.2 Å². The molecule has 0 bridgehead atoms. The Bertz CT molecular complexity index is 278. The normalized spacial score (nSPS) is 15.6. The Morgan fingerprint density at radius 1 is 1.60 bits per heavy atom. The van der Waals surface area contributed by atoms with E-state index in [0.29, 0.717) is 5.70 Å². The summed E-state index contributed by atoms with van der Waals surface area (Å²) in [6.07, 6.45) is 1.35. The van der Waals surface area contributed by atoms with Gasteiger partial charge in [0.2, 0.25) is 5.83 Å². The minimum absolute atomic E-state index is 0.0938. The zero-order valence-electron chi connectivity index (χ0n) is 5.44. The van der Waals surface area contributed by atoms with Crippen LogP contribution in [-0.2, 0) is 4.74 Å². The zero-order chi connectivity index (χ0) is 7.56. The third kappa shape index (κ3) is 1.11. The van der Waals surface area contributed by atoms with Crippen molar-refractivity contribution in [3.63, 3.8) is 0 Å². The van der Waals surface area contributed by atoms with Gasteiger partial charge in [0.25, 0.3) is 0 Å². The van der Waals surface area contributed by atoms with Crippen LogP contribution in [0.25, 0.3) is 0 Å². The summed E-state index contributed by atoms with van der Waals surface area (Å²) in [4.78, 5) is 0. The monoisotopic (exact) mass is 139 g/mol. The van der Waals surface area contributed by atoms with Crippen LogP contribution < -0.4 is 5.73 Å². The van der Waals surface area contributed by atoms with Crippen molar-refractivity contribution < 1.29 is 9.13 Å². The molecule has 0 saturated heterocycles. The highest BCUT2D eigenvalue weighted by Gasteiger charge is 2.05. The molecule has 0 aromatic rings. The minimum atomic E-state index is -0.572. The number of halogens is 1. The molecule has 0 spiro atoms. The van der Waals surface area contributed by atoms with Gasteiger partial charge < -0.3 is 10.5 Å². The standard InChI is InChI=1S/C7H6FNO/c1-10-7-4-5(9)2-3-6(7)8/h4H,9H2,1H3. The van der Waals surface area contributed by atoms with Gasteiger partial charge in [0.1, 0.15) is 0 Å². The average molecular weight is 139 g/mol. The van der Waals surface area contributed by atoms with Crippen LogP contribution in [0, 0.1) is 0 Å². The molecule has 0 amide bonds. The summed E-state index contributed by atoms with van der Waals surface area (Å²) in [6.45, 7) is 0. The average Bonchev–Trinajstić information content (AvgIpc) is 1.94. The molecule has 0 unspecified atom stereocenters. The van der Waals surface area contributed by atoms with Crippen LogP contribution in [-0.4, -0.2) is 7.11 Å². The molecule has 2 nitrogen and oxygen atoms in total. The van der Waals surface area contributed by atoms with Crippen LogP contribution >= 0.6 is 0 Å². The molecule has 0 heterocycles. The van der Waals surface area contributed by atoms with Gasteiger partial charge in [-0.2, -0.15) is 4.39 Å². The molecule has 0 aromatic carbocycles. The van der Waals surface area contributed by atoms with Gasteiger partial charge in [-0.25, -0.2) is 0 Å². The first-order valence-electron chi connectivity index (χ1n) is 2.67. The summed E-state index contributed by atoms with van der Waals surface area (Å²) >= 11 is 0. The predicted molar refractivity (Wildman–Crippen MR) is 34.4 cm³/mol. The molecule has 1 aliphatic carbocycles. The first kappa shape index (κ1) is 6.69. The summed E-state index contributed by atoms with van der Waals surface area (Å²) < 4.78 is 17.1. The van der Waals surface area contributed by atoms with Gasteiger partial charge in [-0.1, -0.05) is 0 Å². The van der Waals surface area contributed by atoms with Gasteiger partial charge in [0.05, 0.1) is 12.8 Å². The number of nitrogens with two attached hydrogens (primary N) is 1. The highest BCUT2D eigenvalue weighted by atomic mass is 19.1. The third-order valence-electron chi connectivity index (χ3n) is 1.04. The largest absolute Gasteiger partial charge is 0.493 e. The molecule has 0 saturated carbocycles. The fourth-order valence-corrected chi connectivity index (χ4v) is 0.578. The van der Waals surface area contributed by atoms with Crippen molar-refractivity contribution in [2.75, 3.05) is 7.11 Å². The number of hydrogen-bond acceptors (Lipinski definition) is 2. The summed E-state index contributed by atoms with van der Waals surface area (Å²) in [7, 11) is 1.37. The Kier molecular flexibility index (Phi) is 1.63. The lowest BCUT2D eigenvalue weighted by Crippen LogP contribution is -1.97. The number of methoxy groups -OCH3 is 1. The fourth-order valence-electron chi connectivity index (χ4n) is 0.578. The second kappa shape index (κ2) is 2.44. The zero-order valence-corrected chi connectivity index (χ0v) is 5.44.